The second kappa shape index (κ2) is 6.64. The molecule has 1 unspecified atom stereocenters. The van der Waals surface area contributed by atoms with E-state index in [0.29, 0.717) is 6.54 Å². The largest absolute Gasteiger partial charge is 0.490 e. The lowest BCUT2D eigenvalue weighted by Crippen LogP contribution is -2.47. The summed E-state index contributed by atoms with van der Waals surface area (Å²) < 4.78 is 11.5. The van der Waals surface area contributed by atoms with E-state index in [2.05, 4.69) is 29.0 Å². The van der Waals surface area contributed by atoms with Crippen molar-refractivity contribution >= 4 is 0 Å². The van der Waals surface area contributed by atoms with Crippen molar-refractivity contribution in [3.63, 3.8) is 0 Å². The standard InChI is InChI=1S/C16H25N3O2/c1-18-5-7-19(8-6-18)14(12-17)13-3-4-15-16(11-13)21-10-2-9-20-15/h3-4,11,14H,2,5-10,12,17H2,1H3. The van der Waals surface area contributed by atoms with Crippen LogP contribution < -0.4 is 15.2 Å². The summed E-state index contributed by atoms with van der Waals surface area (Å²) in [6.07, 6.45) is 0.933. The maximum absolute atomic E-state index is 6.05. The van der Waals surface area contributed by atoms with E-state index in [0.717, 1.165) is 57.3 Å². The van der Waals surface area contributed by atoms with Crippen molar-refractivity contribution in [2.24, 2.45) is 5.73 Å². The van der Waals surface area contributed by atoms with Crippen molar-refractivity contribution in [1.82, 2.24) is 9.80 Å². The molecule has 2 aliphatic heterocycles. The summed E-state index contributed by atoms with van der Waals surface area (Å²) in [4.78, 5) is 4.83. The lowest BCUT2D eigenvalue weighted by molar-refractivity contribution is 0.114. The van der Waals surface area contributed by atoms with Gasteiger partial charge in [-0.25, -0.2) is 0 Å². The van der Waals surface area contributed by atoms with Gasteiger partial charge in [-0.2, -0.15) is 0 Å². The predicted molar refractivity (Wildman–Crippen MR) is 82.9 cm³/mol. The Bertz CT molecular complexity index is 473. The van der Waals surface area contributed by atoms with Crippen molar-refractivity contribution < 1.29 is 9.47 Å². The average molecular weight is 291 g/mol. The van der Waals surface area contributed by atoms with E-state index in [4.69, 9.17) is 15.2 Å². The number of rotatable bonds is 3. The number of nitrogens with two attached hydrogens (primary N) is 1. The molecule has 0 spiro atoms. The Hall–Kier alpha value is -1.30. The molecule has 1 atom stereocenters. The lowest BCUT2D eigenvalue weighted by atomic mass is 10.0. The molecule has 0 radical (unpaired) electrons. The van der Waals surface area contributed by atoms with Gasteiger partial charge in [-0.15, -0.1) is 0 Å². The minimum absolute atomic E-state index is 0.260. The molecule has 116 valence electrons. The Morgan fingerprint density at radius 3 is 2.52 bits per heavy atom. The molecule has 2 N–H and O–H groups in total. The Morgan fingerprint density at radius 1 is 1.10 bits per heavy atom. The topological polar surface area (TPSA) is 51.0 Å². The third kappa shape index (κ3) is 3.31. The minimum Gasteiger partial charge on any atom is -0.490 e. The van der Waals surface area contributed by atoms with Gasteiger partial charge in [0.2, 0.25) is 0 Å². The van der Waals surface area contributed by atoms with Crippen molar-refractivity contribution in [2.75, 3.05) is 53.0 Å². The molecule has 0 aromatic heterocycles. The zero-order valence-electron chi connectivity index (χ0n) is 12.8. The molecular formula is C16H25N3O2. The number of fused-ring (bicyclic) bond motifs is 1. The zero-order valence-corrected chi connectivity index (χ0v) is 12.8. The van der Waals surface area contributed by atoms with Crippen LogP contribution in [0.5, 0.6) is 11.5 Å². The van der Waals surface area contributed by atoms with Crippen LogP contribution >= 0.6 is 0 Å². The second-order valence-corrected chi connectivity index (χ2v) is 5.85. The van der Waals surface area contributed by atoms with Gasteiger partial charge >= 0.3 is 0 Å². The van der Waals surface area contributed by atoms with Crippen molar-refractivity contribution in [3.05, 3.63) is 23.8 Å². The molecule has 1 aromatic carbocycles. The van der Waals surface area contributed by atoms with Crippen LogP contribution in [0.15, 0.2) is 18.2 Å². The monoisotopic (exact) mass is 291 g/mol. The zero-order chi connectivity index (χ0) is 14.7. The third-order valence-electron chi connectivity index (χ3n) is 4.36. The molecule has 2 aliphatic rings. The van der Waals surface area contributed by atoms with Gasteiger partial charge in [0.25, 0.3) is 0 Å². The van der Waals surface area contributed by atoms with E-state index < -0.39 is 0 Å². The van der Waals surface area contributed by atoms with Gasteiger partial charge in [0, 0.05) is 45.2 Å². The fraction of sp³-hybridized carbons (Fsp3) is 0.625. The van der Waals surface area contributed by atoms with E-state index in [1.165, 1.54) is 5.56 Å². The molecule has 1 fully saturated rings. The first kappa shape index (κ1) is 14.6. The maximum atomic E-state index is 6.05. The van der Waals surface area contributed by atoms with Gasteiger partial charge in [-0.1, -0.05) is 6.07 Å². The first-order valence-corrected chi connectivity index (χ1v) is 7.80. The summed E-state index contributed by atoms with van der Waals surface area (Å²) in [5.41, 5.74) is 7.28. The van der Waals surface area contributed by atoms with Crippen molar-refractivity contribution in [2.45, 2.75) is 12.5 Å². The molecule has 1 saturated heterocycles. The third-order valence-corrected chi connectivity index (χ3v) is 4.36. The quantitative estimate of drug-likeness (QED) is 0.903. The molecule has 0 amide bonds. The number of benzene rings is 1. The highest BCUT2D eigenvalue weighted by Crippen LogP contribution is 2.33. The summed E-state index contributed by atoms with van der Waals surface area (Å²) in [7, 11) is 2.17. The smallest absolute Gasteiger partial charge is 0.161 e. The van der Waals surface area contributed by atoms with Gasteiger partial charge in [0.15, 0.2) is 11.5 Å². The minimum atomic E-state index is 0.260. The van der Waals surface area contributed by atoms with Crippen LogP contribution in [-0.4, -0.2) is 62.8 Å². The number of piperazine rings is 1. The first-order valence-electron chi connectivity index (χ1n) is 7.80. The van der Waals surface area contributed by atoms with Crippen LogP contribution in [0.3, 0.4) is 0 Å². The highest BCUT2D eigenvalue weighted by Gasteiger charge is 2.24. The second-order valence-electron chi connectivity index (χ2n) is 5.85. The molecule has 3 rings (SSSR count). The Morgan fingerprint density at radius 2 is 1.81 bits per heavy atom. The van der Waals surface area contributed by atoms with Crippen LogP contribution in [0.25, 0.3) is 0 Å². The van der Waals surface area contributed by atoms with E-state index in [1.807, 2.05) is 6.07 Å². The summed E-state index contributed by atoms with van der Waals surface area (Å²) in [5.74, 6) is 1.71. The van der Waals surface area contributed by atoms with E-state index in [1.54, 1.807) is 0 Å². The first-order chi connectivity index (χ1) is 10.3. The van der Waals surface area contributed by atoms with Gasteiger partial charge in [-0.05, 0) is 24.7 Å². The molecule has 21 heavy (non-hydrogen) atoms. The molecule has 5 heteroatoms. The Balaban J connectivity index is 1.79. The van der Waals surface area contributed by atoms with Gasteiger partial charge in [0.1, 0.15) is 0 Å². The fourth-order valence-corrected chi connectivity index (χ4v) is 3.02. The number of likely N-dealkylation sites (N-methyl/N-ethyl adjacent to an activating group) is 1. The summed E-state index contributed by atoms with van der Waals surface area (Å²) in [5, 5.41) is 0. The van der Waals surface area contributed by atoms with E-state index in [-0.39, 0.29) is 6.04 Å². The van der Waals surface area contributed by atoms with Crippen LogP contribution in [0, 0.1) is 0 Å². The average Bonchev–Trinajstić information content (AvgIpc) is 2.75. The van der Waals surface area contributed by atoms with Crippen LogP contribution in [0.4, 0.5) is 0 Å². The molecule has 2 heterocycles. The summed E-state index contributed by atoms with van der Waals surface area (Å²) in [6.45, 7) is 6.40. The van der Waals surface area contributed by atoms with Crippen LogP contribution in [0.1, 0.15) is 18.0 Å². The molecule has 1 aromatic rings. The maximum Gasteiger partial charge on any atom is 0.161 e. The van der Waals surface area contributed by atoms with Gasteiger partial charge < -0.3 is 20.1 Å². The normalized spacial score (nSPS) is 21.8. The van der Waals surface area contributed by atoms with Gasteiger partial charge in [-0.3, -0.25) is 4.90 Å². The van der Waals surface area contributed by atoms with E-state index in [9.17, 15) is 0 Å². The number of hydrogen-bond acceptors (Lipinski definition) is 5. The Labute approximate surface area is 126 Å². The lowest BCUT2D eigenvalue weighted by Gasteiger charge is -2.37. The summed E-state index contributed by atoms with van der Waals surface area (Å²) in [6, 6.07) is 6.52. The Kier molecular flexibility index (Phi) is 4.63. The highest BCUT2D eigenvalue weighted by atomic mass is 16.5. The predicted octanol–water partition coefficient (Wildman–Crippen LogP) is 1.10. The molecule has 5 nitrogen and oxygen atoms in total. The van der Waals surface area contributed by atoms with Crippen molar-refractivity contribution in [3.8, 4) is 11.5 Å². The number of hydrogen-bond donors (Lipinski definition) is 1. The van der Waals surface area contributed by atoms with Crippen molar-refractivity contribution in [1.29, 1.82) is 0 Å². The molecule has 0 saturated carbocycles. The van der Waals surface area contributed by atoms with Crippen LogP contribution in [-0.2, 0) is 0 Å². The molecular weight excluding hydrogens is 266 g/mol. The van der Waals surface area contributed by atoms with Crippen LogP contribution in [0.2, 0.25) is 0 Å². The highest BCUT2D eigenvalue weighted by molar-refractivity contribution is 5.44. The number of ether oxygens (including phenoxy) is 2. The van der Waals surface area contributed by atoms with Gasteiger partial charge in [0.05, 0.1) is 13.2 Å². The SMILES string of the molecule is CN1CCN(C(CN)c2ccc3c(c2)OCCCO3)CC1. The number of nitrogens with zero attached hydrogens (tertiary/aromatic N) is 2. The summed E-state index contributed by atoms with van der Waals surface area (Å²) >= 11 is 0. The van der Waals surface area contributed by atoms with E-state index >= 15 is 0 Å². The molecule has 0 aliphatic carbocycles. The molecule has 0 bridgehead atoms. The fourth-order valence-electron chi connectivity index (χ4n) is 3.02.